The van der Waals surface area contributed by atoms with E-state index >= 15 is 4.39 Å². The Morgan fingerprint density at radius 3 is 2.90 bits per heavy atom. The molecule has 2 atom stereocenters. The smallest absolute Gasteiger partial charge is 0.319 e. The fraction of sp³-hybridized carbons (Fsp3) is 0.414. The third kappa shape index (κ3) is 4.51. The number of benzene rings is 2. The van der Waals surface area contributed by atoms with Crippen LogP contribution >= 0.6 is 0 Å². The highest BCUT2D eigenvalue weighted by atomic mass is 19.1. The second-order valence-electron chi connectivity index (χ2n) is 10.3. The Kier molecular flexibility index (Phi) is 6.68. The van der Waals surface area contributed by atoms with E-state index in [1.807, 2.05) is 24.3 Å². The van der Waals surface area contributed by atoms with Crippen molar-refractivity contribution in [2.75, 3.05) is 39.3 Å². The van der Waals surface area contributed by atoms with Crippen LogP contribution in [0.1, 0.15) is 31.7 Å². The van der Waals surface area contributed by atoms with Crippen LogP contribution in [0.2, 0.25) is 0 Å². The minimum Gasteiger partial charge on any atom is -0.468 e. The SMILES string of the molecule is CCc1cccc2cc(OCOC)cc(-c3ncc4c(N)nc(OC[C@@]56CCCN5C[C@H](F)C6)nc4c3F)c12. The number of alkyl halides is 1. The zero-order chi connectivity index (χ0) is 27.1. The van der Waals surface area contributed by atoms with Gasteiger partial charge in [-0.1, -0.05) is 25.1 Å². The molecule has 0 amide bonds. The van der Waals surface area contributed by atoms with E-state index < -0.39 is 12.0 Å². The zero-order valence-electron chi connectivity index (χ0n) is 22.0. The van der Waals surface area contributed by atoms with Gasteiger partial charge in [-0.25, -0.2) is 8.78 Å². The van der Waals surface area contributed by atoms with Gasteiger partial charge in [0.25, 0.3) is 0 Å². The van der Waals surface area contributed by atoms with E-state index in [1.54, 1.807) is 6.07 Å². The van der Waals surface area contributed by atoms with Crippen molar-refractivity contribution in [3.05, 3.63) is 47.9 Å². The minimum atomic E-state index is -0.881. The van der Waals surface area contributed by atoms with Crippen molar-refractivity contribution in [1.29, 1.82) is 0 Å². The molecule has 10 heteroatoms. The Balaban J connectivity index is 1.43. The number of pyridine rings is 1. The Morgan fingerprint density at radius 2 is 2.08 bits per heavy atom. The van der Waals surface area contributed by atoms with Crippen LogP contribution in [-0.4, -0.2) is 65.2 Å². The highest BCUT2D eigenvalue weighted by molar-refractivity contribution is 6.01. The quantitative estimate of drug-likeness (QED) is 0.313. The molecule has 0 radical (unpaired) electrons. The summed E-state index contributed by atoms with van der Waals surface area (Å²) in [4.78, 5) is 15.3. The predicted octanol–water partition coefficient (Wildman–Crippen LogP) is 5.07. The molecular weight excluding hydrogens is 504 g/mol. The number of rotatable bonds is 8. The normalized spacial score (nSPS) is 21.1. The van der Waals surface area contributed by atoms with E-state index in [-0.39, 0.29) is 42.0 Å². The summed E-state index contributed by atoms with van der Waals surface area (Å²) < 4.78 is 47.2. The van der Waals surface area contributed by atoms with E-state index in [0.29, 0.717) is 29.7 Å². The van der Waals surface area contributed by atoms with Crippen LogP contribution in [0, 0.1) is 5.82 Å². The Hall–Kier alpha value is -3.63. The number of nitrogen functional groups attached to an aromatic ring is 1. The summed E-state index contributed by atoms with van der Waals surface area (Å²) in [7, 11) is 1.54. The highest BCUT2D eigenvalue weighted by Crippen LogP contribution is 2.41. The lowest BCUT2D eigenvalue weighted by Crippen LogP contribution is -2.43. The number of anilines is 1. The third-order valence-electron chi connectivity index (χ3n) is 7.94. The van der Waals surface area contributed by atoms with Crippen LogP contribution in [-0.2, 0) is 11.2 Å². The molecule has 4 heterocycles. The van der Waals surface area contributed by atoms with Gasteiger partial charge in [-0.05, 0) is 54.3 Å². The van der Waals surface area contributed by atoms with Crippen molar-refractivity contribution in [2.24, 2.45) is 0 Å². The summed E-state index contributed by atoms with van der Waals surface area (Å²) in [5, 5.41) is 2.07. The van der Waals surface area contributed by atoms with Gasteiger partial charge in [-0.15, -0.1) is 0 Å². The van der Waals surface area contributed by atoms with Gasteiger partial charge in [-0.3, -0.25) is 9.88 Å². The van der Waals surface area contributed by atoms with Crippen molar-refractivity contribution in [1.82, 2.24) is 19.9 Å². The van der Waals surface area contributed by atoms with Crippen molar-refractivity contribution < 1.29 is 23.0 Å². The maximum atomic E-state index is 16.3. The molecule has 2 fully saturated rings. The van der Waals surface area contributed by atoms with Gasteiger partial charge in [0.05, 0.1) is 10.9 Å². The Bertz CT molecular complexity index is 1550. The van der Waals surface area contributed by atoms with E-state index in [1.165, 1.54) is 13.3 Å². The number of ether oxygens (including phenoxy) is 3. The molecular formula is C29H31F2N5O3. The first-order valence-corrected chi connectivity index (χ1v) is 13.2. The van der Waals surface area contributed by atoms with Crippen LogP contribution < -0.4 is 15.2 Å². The molecule has 2 N–H and O–H groups in total. The summed E-state index contributed by atoms with van der Waals surface area (Å²) in [6.07, 6.45) is 3.59. The van der Waals surface area contributed by atoms with Crippen molar-refractivity contribution in [3.8, 4) is 23.0 Å². The molecule has 2 aliphatic rings. The lowest BCUT2D eigenvalue weighted by atomic mass is 9.95. The summed E-state index contributed by atoms with van der Waals surface area (Å²) in [5.41, 5.74) is 7.59. The molecule has 2 aliphatic heterocycles. The minimum absolute atomic E-state index is 0.0170. The predicted molar refractivity (Wildman–Crippen MR) is 145 cm³/mol. The van der Waals surface area contributed by atoms with Gasteiger partial charge in [0.1, 0.15) is 35.6 Å². The third-order valence-corrected chi connectivity index (χ3v) is 7.94. The fourth-order valence-corrected chi connectivity index (χ4v) is 6.13. The highest BCUT2D eigenvalue weighted by Gasteiger charge is 2.49. The number of hydrogen-bond acceptors (Lipinski definition) is 8. The molecule has 204 valence electrons. The largest absolute Gasteiger partial charge is 0.468 e. The molecule has 0 unspecified atom stereocenters. The number of aryl methyl sites for hydroxylation is 1. The number of halogens is 2. The maximum absolute atomic E-state index is 16.3. The number of fused-ring (bicyclic) bond motifs is 3. The number of methoxy groups -OCH3 is 1. The first-order valence-electron chi connectivity index (χ1n) is 13.2. The van der Waals surface area contributed by atoms with Gasteiger partial charge in [0, 0.05) is 31.8 Å². The van der Waals surface area contributed by atoms with E-state index in [4.69, 9.17) is 19.9 Å². The molecule has 2 saturated heterocycles. The number of aromatic nitrogens is 3. The second-order valence-corrected chi connectivity index (χ2v) is 10.3. The van der Waals surface area contributed by atoms with E-state index in [9.17, 15) is 4.39 Å². The molecule has 0 aliphatic carbocycles. The van der Waals surface area contributed by atoms with Gasteiger partial charge >= 0.3 is 6.01 Å². The summed E-state index contributed by atoms with van der Waals surface area (Å²) in [6.45, 7) is 3.58. The Morgan fingerprint density at radius 1 is 1.21 bits per heavy atom. The lowest BCUT2D eigenvalue weighted by Gasteiger charge is -2.30. The van der Waals surface area contributed by atoms with Gasteiger partial charge in [0.15, 0.2) is 12.6 Å². The first kappa shape index (κ1) is 25.6. The maximum Gasteiger partial charge on any atom is 0.319 e. The number of nitrogens with two attached hydrogens (primary N) is 1. The van der Waals surface area contributed by atoms with Crippen LogP contribution in [0.5, 0.6) is 11.8 Å². The molecule has 0 spiro atoms. The van der Waals surface area contributed by atoms with Gasteiger partial charge in [-0.2, -0.15) is 9.97 Å². The first-order chi connectivity index (χ1) is 18.9. The van der Waals surface area contributed by atoms with Gasteiger partial charge < -0.3 is 19.9 Å². The monoisotopic (exact) mass is 535 g/mol. The standard InChI is InChI=1S/C29H31F2N5O3/c1-3-17-6-4-7-18-10-20(39-16-37-2)11-21(23(17)18)25-24(31)26-22(13-33-25)27(32)35-28(34-26)38-15-29-8-5-9-36(29)14-19(30)12-29/h4,6-7,10-11,13,19H,3,5,8-9,12,14-16H2,1-2H3,(H2,32,34,35)/t19-,29+/m1/s1. The van der Waals surface area contributed by atoms with Crippen molar-refractivity contribution >= 4 is 27.5 Å². The van der Waals surface area contributed by atoms with Crippen LogP contribution in [0.15, 0.2) is 36.5 Å². The summed E-state index contributed by atoms with van der Waals surface area (Å²) in [6, 6.07) is 9.58. The lowest BCUT2D eigenvalue weighted by molar-refractivity contribution is 0.0512. The van der Waals surface area contributed by atoms with Crippen molar-refractivity contribution in [3.63, 3.8) is 0 Å². The molecule has 0 bridgehead atoms. The summed E-state index contributed by atoms with van der Waals surface area (Å²) in [5.74, 6) is -0.0316. The molecule has 0 saturated carbocycles. The molecule has 39 heavy (non-hydrogen) atoms. The molecule has 2 aromatic heterocycles. The van der Waals surface area contributed by atoms with E-state index in [0.717, 1.165) is 42.1 Å². The molecule has 4 aromatic rings. The van der Waals surface area contributed by atoms with Crippen molar-refractivity contribution in [2.45, 2.75) is 44.3 Å². The van der Waals surface area contributed by atoms with Gasteiger partial charge in [0.2, 0.25) is 0 Å². The average molecular weight is 536 g/mol. The fourth-order valence-electron chi connectivity index (χ4n) is 6.13. The second kappa shape index (κ2) is 10.2. The van der Waals surface area contributed by atoms with Crippen LogP contribution in [0.3, 0.4) is 0 Å². The van der Waals surface area contributed by atoms with Crippen LogP contribution in [0.4, 0.5) is 14.6 Å². The average Bonchev–Trinajstić information content (AvgIpc) is 3.46. The van der Waals surface area contributed by atoms with E-state index in [2.05, 4.69) is 26.8 Å². The topological polar surface area (TPSA) is 95.6 Å². The molecule has 8 nitrogen and oxygen atoms in total. The summed E-state index contributed by atoms with van der Waals surface area (Å²) >= 11 is 0. The number of nitrogens with zero attached hydrogens (tertiary/aromatic N) is 4. The number of hydrogen-bond donors (Lipinski definition) is 1. The Labute approximate surface area is 225 Å². The molecule has 2 aromatic carbocycles. The zero-order valence-corrected chi connectivity index (χ0v) is 22.0. The van der Waals surface area contributed by atoms with Crippen LogP contribution in [0.25, 0.3) is 32.9 Å². The molecule has 6 rings (SSSR count).